The van der Waals surface area contributed by atoms with E-state index in [-0.39, 0.29) is 36.8 Å². The topological polar surface area (TPSA) is 105 Å². The van der Waals surface area contributed by atoms with Crippen molar-refractivity contribution in [3.05, 3.63) is 59.7 Å². The molecule has 1 unspecified atom stereocenters. The Morgan fingerprint density at radius 3 is 2.21 bits per heavy atom. The zero-order chi connectivity index (χ0) is 24.5. The third-order valence-electron chi connectivity index (χ3n) is 6.39. The highest BCUT2D eigenvalue weighted by molar-refractivity contribution is 5.79. The molecule has 3 N–H and O–H groups in total. The molecule has 1 aliphatic rings. The van der Waals surface area contributed by atoms with Gasteiger partial charge in [-0.15, -0.1) is 0 Å². The number of carboxylic acids is 1. The van der Waals surface area contributed by atoms with E-state index in [0.29, 0.717) is 25.8 Å². The number of carbonyl (C=O) groups excluding carboxylic acids is 2. The quantitative estimate of drug-likeness (QED) is 0.421. The van der Waals surface area contributed by atoms with Crippen LogP contribution in [-0.2, 0) is 14.3 Å². The van der Waals surface area contributed by atoms with E-state index < -0.39 is 12.1 Å². The number of nitrogens with one attached hydrogen (secondary N) is 2. The molecule has 0 saturated heterocycles. The molecule has 0 heterocycles. The third kappa shape index (κ3) is 6.83. The summed E-state index contributed by atoms with van der Waals surface area (Å²) in [4.78, 5) is 35.2. The number of ether oxygens (including phenoxy) is 1. The third-order valence-corrected chi connectivity index (χ3v) is 6.39. The number of carboxylic acid groups (broad SMARTS) is 1. The predicted octanol–water partition coefficient (Wildman–Crippen LogP) is 4.70. The second-order valence-electron chi connectivity index (χ2n) is 8.96. The molecule has 0 spiro atoms. The van der Waals surface area contributed by atoms with Gasteiger partial charge in [-0.2, -0.15) is 0 Å². The Hall–Kier alpha value is -3.35. The summed E-state index contributed by atoms with van der Waals surface area (Å²) >= 11 is 0. The van der Waals surface area contributed by atoms with E-state index in [2.05, 4.69) is 34.9 Å². The summed E-state index contributed by atoms with van der Waals surface area (Å²) in [5.74, 6) is -0.785. The number of alkyl carbamates (subject to hydrolysis) is 1. The van der Waals surface area contributed by atoms with Crippen LogP contribution in [0.15, 0.2) is 48.5 Å². The van der Waals surface area contributed by atoms with Crippen LogP contribution in [0, 0.1) is 5.92 Å². The van der Waals surface area contributed by atoms with Crippen LogP contribution in [0.3, 0.4) is 0 Å². The smallest absolute Gasteiger partial charge is 0.407 e. The van der Waals surface area contributed by atoms with E-state index in [1.54, 1.807) is 0 Å². The zero-order valence-corrected chi connectivity index (χ0v) is 19.9. The molecule has 1 aliphatic carbocycles. The highest BCUT2D eigenvalue weighted by Gasteiger charge is 2.29. The number of fused-ring (bicyclic) bond motifs is 3. The van der Waals surface area contributed by atoms with Crippen LogP contribution in [0.1, 0.15) is 63.0 Å². The molecule has 7 heteroatoms. The van der Waals surface area contributed by atoms with Gasteiger partial charge in [0.05, 0.1) is 6.42 Å². The molecule has 182 valence electrons. The van der Waals surface area contributed by atoms with Gasteiger partial charge in [0.15, 0.2) is 0 Å². The molecule has 0 radical (unpaired) electrons. The number of hydrogen-bond acceptors (Lipinski definition) is 4. The molecular formula is C27H34N2O5. The fourth-order valence-electron chi connectivity index (χ4n) is 4.40. The number of carbonyl (C=O) groups is 3. The molecule has 2 atom stereocenters. The fourth-order valence-corrected chi connectivity index (χ4v) is 4.40. The first-order valence-electron chi connectivity index (χ1n) is 12.0. The van der Waals surface area contributed by atoms with Gasteiger partial charge in [-0.1, -0.05) is 62.4 Å². The molecule has 0 saturated carbocycles. The molecule has 3 rings (SSSR count). The summed E-state index contributed by atoms with van der Waals surface area (Å²) in [5.41, 5.74) is 4.74. The van der Waals surface area contributed by atoms with Crippen molar-refractivity contribution in [2.75, 3.05) is 13.2 Å². The minimum Gasteiger partial charge on any atom is -0.481 e. The van der Waals surface area contributed by atoms with Crippen molar-refractivity contribution >= 4 is 18.0 Å². The lowest BCUT2D eigenvalue weighted by Gasteiger charge is -2.17. The van der Waals surface area contributed by atoms with Gasteiger partial charge in [-0.3, -0.25) is 9.59 Å². The fraction of sp³-hybridized carbons (Fsp3) is 0.444. The second kappa shape index (κ2) is 12.2. The number of aliphatic carboxylic acids is 1. The predicted molar refractivity (Wildman–Crippen MR) is 131 cm³/mol. The first-order chi connectivity index (χ1) is 16.4. The van der Waals surface area contributed by atoms with Crippen molar-refractivity contribution < 1.29 is 24.2 Å². The Morgan fingerprint density at radius 2 is 1.62 bits per heavy atom. The van der Waals surface area contributed by atoms with Crippen molar-refractivity contribution in [3.8, 4) is 11.1 Å². The maximum Gasteiger partial charge on any atom is 0.407 e. The Balaban J connectivity index is 1.37. The summed E-state index contributed by atoms with van der Waals surface area (Å²) in [7, 11) is 0. The van der Waals surface area contributed by atoms with E-state index in [9.17, 15) is 14.4 Å². The van der Waals surface area contributed by atoms with E-state index >= 15 is 0 Å². The number of benzene rings is 2. The Bertz CT molecular complexity index is 961. The van der Waals surface area contributed by atoms with Gasteiger partial charge in [0, 0.05) is 24.9 Å². The Labute approximate surface area is 200 Å². The number of amides is 2. The summed E-state index contributed by atoms with van der Waals surface area (Å²) in [6, 6.07) is 16.1. The molecule has 0 fully saturated rings. The van der Waals surface area contributed by atoms with Crippen molar-refractivity contribution in [1.82, 2.24) is 10.6 Å². The molecule has 0 aliphatic heterocycles. The summed E-state index contributed by atoms with van der Waals surface area (Å²) in [6.45, 7) is 4.63. The van der Waals surface area contributed by atoms with Crippen LogP contribution in [-0.4, -0.2) is 42.3 Å². The molecule has 0 bridgehead atoms. The summed E-state index contributed by atoms with van der Waals surface area (Å²) in [6.07, 6.45) is 1.80. The van der Waals surface area contributed by atoms with Crippen molar-refractivity contribution in [1.29, 1.82) is 0 Å². The first kappa shape index (κ1) is 25.3. The van der Waals surface area contributed by atoms with E-state index in [4.69, 9.17) is 9.84 Å². The van der Waals surface area contributed by atoms with E-state index in [1.807, 2.05) is 38.1 Å². The van der Waals surface area contributed by atoms with Crippen LogP contribution in [0.25, 0.3) is 11.1 Å². The lowest BCUT2D eigenvalue weighted by Crippen LogP contribution is -2.36. The Kier molecular flexibility index (Phi) is 9.08. The van der Waals surface area contributed by atoms with Gasteiger partial charge in [-0.05, 0) is 47.4 Å². The monoisotopic (exact) mass is 466 g/mol. The van der Waals surface area contributed by atoms with E-state index in [0.717, 1.165) is 6.42 Å². The van der Waals surface area contributed by atoms with Gasteiger partial charge in [0.1, 0.15) is 6.61 Å². The average molecular weight is 467 g/mol. The second-order valence-corrected chi connectivity index (χ2v) is 8.96. The highest BCUT2D eigenvalue weighted by Crippen LogP contribution is 2.44. The van der Waals surface area contributed by atoms with Crippen LogP contribution in [0.5, 0.6) is 0 Å². The van der Waals surface area contributed by atoms with Crippen LogP contribution in [0.2, 0.25) is 0 Å². The summed E-state index contributed by atoms with van der Waals surface area (Å²) < 4.78 is 5.55. The standard InChI is InChI=1S/C27H34N2O5/c1-3-19(16-26(31)32)29-25(30)13-12-18(2)14-15-28-27(33)34-17-24-22-10-6-4-8-20(22)21-9-5-7-11-23(21)24/h4-11,18-19,24H,3,12-17H2,1-2H3,(H,28,33)(H,29,30)(H,31,32)/t18?,19-/m0/s1. The zero-order valence-electron chi connectivity index (χ0n) is 19.9. The van der Waals surface area contributed by atoms with Crippen LogP contribution < -0.4 is 10.6 Å². The maximum atomic E-state index is 12.3. The largest absolute Gasteiger partial charge is 0.481 e. The lowest BCUT2D eigenvalue weighted by molar-refractivity contribution is -0.137. The van der Waals surface area contributed by atoms with Gasteiger partial charge in [-0.25, -0.2) is 4.79 Å². The van der Waals surface area contributed by atoms with Gasteiger partial charge in [0.2, 0.25) is 5.91 Å². The number of hydrogen-bond donors (Lipinski definition) is 3. The Morgan fingerprint density at radius 1 is 1.00 bits per heavy atom. The van der Waals surface area contributed by atoms with Crippen molar-refractivity contribution in [2.24, 2.45) is 5.92 Å². The first-order valence-corrected chi connectivity index (χ1v) is 12.0. The van der Waals surface area contributed by atoms with Gasteiger partial charge >= 0.3 is 12.1 Å². The molecule has 2 aromatic carbocycles. The maximum absolute atomic E-state index is 12.3. The highest BCUT2D eigenvalue weighted by atomic mass is 16.5. The minimum atomic E-state index is -0.917. The molecule has 34 heavy (non-hydrogen) atoms. The minimum absolute atomic E-state index is 0.0312. The normalized spacial score (nSPS) is 13.9. The lowest BCUT2D eigenvalue weighted by atomic mass is 9.98. The van der Waals surface area contributed by atoms with Gasteiger partial charge in [0.25, 0.3) is 0 Å². The van der Waals surface area contributed by atoms with Crippen LogP contribution in [0.4, 0.5) is 4.79 Å². The average Bonchev–Trinajstić information content (AvgIpc) is 3.14. The SMILES string of the molecule is CC[C@@H](CC(=O)O)NC(=O)CCC(C)CCNC(=O)OCC1c2ccccc2-c2ccccc21. The van der Waals surface area contributed by atoms with Gasteiger partial charge < -0.3 is 20.5 Å². The van der Waals surface area contributed by atoms with Crippen molar-refractivity contribution in [3.63, 3.8) is 0 Å². The van der Waals surface area contributed by atoms with E-state index in [1.165, 1.54) is 22.3 Å². The summed E-state index contributed by atoms with van der Waals surface area (Å²) in [5, 5.41) is 14.5. The van der Waals surface area contributed by atoms with Crippen LogP contribution >= 0.6 is 0 Å². The molecule has 2 amide bonds. The molecular weight excluding hydrogens is 432 g/mol. The molecule has 7 nitrogen and oxygen atoms in total. The molecule has 0 aromatic heterocycles. The van der Waals surface area contributed by atoms with Crippen molar-refractivity contribution in [2.45, 2.75) is 57.9 Å². The molecule has 2 aromatic rings. The number of rotatable bonds is 12.